The zero-order valence-electron chi connectivity index (χ0n) is 21.0. The second kappa shape index (κ2) is 11.6. The van der Waals surface area contributed by atoms with Gasteiger partial charge in [-0.2, -0.15) is 8.78 Å². The third-order valence-electron chi connectivity index (χ3n) is 6.88. The minimum atomic E-state index is -2.92. The van der Waals surface area contributed by atoms with Gasteiger partial charge in [-0.15, -0.1) is 0 Å². The van der Waals surface area contributed by atoms with E-state index in [-0.39, 0.29) is 36.7 Å². The number of nitrogens with zero attached hydrogens (tertiary/aromatic N) is 2. The molecule has 2 fully saturated rings. The first-order valence-electron chi connectivity index (χ1n) is 12.8. The molecule has 38 heavy (non-hydrogen) atoms. The topological polar surface area (TPSA) is 59.1 Å². The molecule has 6 nitrogen and oxygen atoms in total. The van der Waals surface area contributed by atoms with Crippen molar-refractivity contribution in [1.82, 2.24) is 9.80 Å². The number of hydrogen-bond donors (Lipinski definition) is 0. The molecule has 1 heterocycles. The standard InChI is InChI=1S/C30H30F2N2O4/c31-30(32)38-27-8-4-7-23(16-27)17-34-25(15-21-5-2-1-3-6-21)18-33(19-28(34)35)29(36)24-11-13-26(14-12-24)37-20-22-9-10-22/h1-8,11-14,16,22,25,30H,9-10,15,17-20H2/t25-/m0/s1. The van der Waals surface area contributed by atoms with Gasteiger partial charge < -0.3 is 19.3 Å². The second-order valence-electron chi connectivity index (χ2n) is 9.86. The van der Waals surface area contributed by atoms with Crippen LogP contribution in [0.15, 0.2) is 78.9 Å². The number of alkyl halides is 2. The van der Waals surface area contributed by atoms with Crippen molar-refractivity contribution in [3.8, 4) is 11.5 Å². The van der Waals surface area contributed by atoms with Crippen molar-refractivity contribution in [2.75, 3.05) is 19.7 Å². The number of hydrogen-bond acceptors (Lipinski definition) is 4. The maximum atomic E-state index is 13.4. The maximum Gasteiger partial charge on any atom is 0.387 e. The monoisotopic (exact) mass is 520 g/mol. The maximum absolute atomic E-state index is 13.4. The quantitative estimate of drug-likeness (QED) is 0.370. The van der Waals surface area contributed by atoms with Crippen LogP contribution in [0.4, 0.5) is 8.78 Å². The predicted molar refractivity (Wildman–Crippen MR) is 138 cm³/mol. The third-order valence-corrected chi connectivity index (χ3v) is 6.88. The fourth-order valence-electron chi connectivity index (χ4n) is 4.70. The number of carbonyl (C=O) groups is 2. The van der Waals surface area contributed by atoms with Gasteiger partial charge in [0.15, 0.2) is 0 Å². The van der Waals surface area contributed by atoms with Crippen LogP contribution in [0.5, 0.6) is 11.5 Å². The van der Waals surface area contributed by atoms with E-state index in [0.29, 0.717) is 36.6 Å². The Labute approximate surface area is 220 Å². The van der Waals surface area contributed by atoms with Gasteiger partial charge in [-0.1, -0.05) is 42.5 Å². The van der Waals surface area contributed by atoms with Crippen molar-refractivity contribution in [1.29, 1.82) is 0 Å². The summed E-state index contributed by atoms with van der Waals surface area (Å²) in [5.74, 6) is 1.00. The van der Waals surface area contributed by atoms with E-state index < -0.39 is 6.61 Å². The summed E-state index contributed by atoms with van der Waals surface area (Å²) in [6.45, 7) is -1.70. The summed E-state index contributed by atoms with van der Waals surface area (Å²) in [6, 6.07) is 22.9. The van der Waals surface area contributed by atoms with E-state index in [9.17, 15) is 18.4 Å². The summed E-state index contributed by atoms with van der Waals surface area (Å²) in [5, 5.41) is 0. The predicted octanol–water partition coefficient (Wildman–Crippen LogP) is 5.17. The van der Waals surface area contributed by atoms with Gasteiger partial charge in [0, 0.05) is 18.7 Å². The first-order valence-corrected chi connectivity index (χ1v) is 12.8. The third kappa shape index (κ3) is 6.68. The minimum absolute atomic E-state index is 0.0444. The smallest absolute Gasteiger partial charge is 0.387 e. The SMILES string of the molecule is O=C(c1ccc(OCC2CC2)cc1)N1CC(=O)N(Cc2cccc(OC(F)F)c2)[C@@H](Cc2ccccc2)C1. The van der Waals surface area contributed by atoms with Crippen molar-refractivity contribution in [3.63, 3.8) is 0 Å². The Morgan fingerprint density at radius 3 is 2.37 bits per heavy atom. The van der Waals surface area contributed by atoms with Crippen LogP contribution in [0.1, 0.15) is 34.3 Å². The van der Waals surface area contributed by atoms with E-state index in [1.54, 1.807) is 46.2 Å². The number of carbonyl (C=O) groups excluding carboxylic acids is 2. The first-order chi connectivity index (χ1) is 18.4. The second-order valence-corrected chi connectivity index (χ2v) is 9.86. The van der Waals surface area contributed by atoms with Gasteiger partial charge in [-0.25, -0.2) is 0 Å². The molecule has 0 spiro atoms. The molecule has 0 aromatic heterocycles. The van der Waals surface area contributed by atoms with Gasteiger partial charge in [0.1, 0.15) is 18.0 Å². The first kappa shape index (κ1) is 25.7. The highest BCUT2D eigenvalue weighted by atomic mass is 19.3. The Balaban J connectivity index is 1.31. The van der Waals surface area contributed by atoms with Crippen LogP contribution in [-0.2, 0) is 17.8 Å². The Morgan fingerprint density at radius 2 is 1.66 bits per heavy atom. The molecular formula is C30H30F2N2O4. The van der Waals surface area contributed by atoms with Crippen molar-refractivity contribution < 1.29 is 27.8 Å². The fourth-order valence-corrected chi connectivity index (χ4v) is 4.70. The molecule has 2 amide bonds. The van der Waals surface area contributed by atoms with E-state index in [1.165, 1.54) is 25.0 Å². The van der Waals surface area contributed by atoms with E-state index >= 15 is 0 Å². The van der Waals surface area contributed by atoms with Crippen LogP contribution in [0.2, 0.25) is 0 Å². The molecule has 1 saturated heterocycles. The van der Waals surface area contributed by atoms with Gasteiger partial charge in [0.2, 0.25) is 5.91 Å². The molecule has 1 aliphatic carbocycles. The van der Waals surface area contributed by atoms with Gasteiger partial charge >= 0.3 is 6.61 Å². The summed E-state index contributed by atoms with van der Waals surface area (Å²) in [4.78, 5) is 30.1. The summed E-state index contributed by atoms with van der Waals surface area (Å²) in [7, 11) is 0. The van der Waals surface area contributed by atoms with E-state index in [2.05, 4.69) is 4.74 Å². The molecule has 1 aliphatic heterocycles. The zero-order chi connectivity index (χ0) is 26.5. The molecule has 1 atom stereocenters. The van der Waals surface area contributed by atoms with E-state index in [0.717, 1.165) is 11.3 Å². The molecule has 0 bridgehead atoms. The molecule has 3 aromatic carbocycles. The molecule has 1 saturated carbocycles. The number of halogens is 2. The van der Waals surface area contributed by atoms with Gasteiger partial charge in [0.25, 0.3) is 5.91 Å². The van der Waals surface area contributed by atoms with Crippen LogP contribution >= 0.6 is 0 Å². The summed E-state index contributed by atoms with van der Waals surface area (Å²) >= 11 is 0. The van der Waals surface area contributed by atoms with Crippen molar-refractivity contribution in [2.45, 2.75) is 38.5 Å². The van der Waals surface area contributed by atoms with Gasteiger partial charge in [0.05, 0.1) is 12.6 Å². The van der Waals surface area contributed by atoms with Crippen LogP contribution in [0.3, 0.4) is 0 Å². The highest BCUT2D eigenvalue weighted by Crippen LogP contribution is 2.30. The average Bonchev–Trinajstić information content (AvgIpc) is 3.74. The van der Waals surface area contributed by atoms with Gasteiger partial charge in [-0.05, 0) is 72.7 Å². The molecule has 198 valence electrons. The molecule has 2 aliphatic rings. The summed E-state index contributed by atoms with van der Waals surface area (Å²) < 4.78 is 35.7. The van der Waals surface area contributed by atoms with Crippen LogP contribution < -0.4 is 9.47 Å². The van der Waals surface area contributed by atoms with Crippen molar-refractivity contribution >= 4 is 11.8 Å². The zero-order valence-corrected chi connectivity index (χ0v) is 21.0. The normalized spacial score (nSPS) is 17.6. The minimum Gasteiger partial charge on any atom is -0.493 e. The fraction of sp³-hybridized carbons (Fsp3) is 0.333. The number of amides is 2. The molecule has 0 radical (unpaired) electrons. The molecule has 0 N–H and O–H groups in total. The Morgan fingerprint density at radius 1 is 0.921 bits per heavy atom. The lowest BCUT2D eigenvalue weighted by molar-refractivity contribution is -0.139. The van der Waals surface area contributed by atoms with Gasteiger partial charge in [-0.3, -0.25) is 9.59 Å². The Kier molecular flexibility index (Phi) is 7.86. The lowest BCUT2D eigenvalue weighted by Gasteiger charge is -2.41. The highest BCUT2D eigenvalue weighted by molar-refractivity contribution is 5.97. The number of piperazine rings is 1. The van der Waals surface area contributed by atoms with E-state index in [4.69, 9.17) is 4.74 Å². The van der Waals surface area contributed by atoms with Crippen molar-refractivity contribution in [3.05, 3.63) is 95.6 Å². The lowest BCUT2D eigenvalue weighted by Crippen LogP contribution is -2.58. The molecular weight excluding hydrogens is 490 g/mol. The number of rotatable bonds is 10. The molecule has 8 heteroatoms. The average molecular weight is 521 g/mol. The Bertz CT molecular complexity index is 1250. The number of benzene rings is 3. The highest BCUT2D eigenvalue weighted by Gasteiger charge is 2.35. The van der Waals surface area contributed by atoms with Crippen molar-refractivity contribution in [2.24, 2.45) is 5.92 Å². The summed E-state index contributed by atoms with van der Waals surface area (Å²) in [5.41, 5.74) is 2.22. The molecule has 5 rings (SSSR count). The molecule has 0 unspecified atom stereocenters. The van der Waals surface area contributed by atoms with Crippen LogP contribution in [0.25, 0.3) is 0 Å². The number of ether oxygens (including phenoxy) is 2. The summed E-state index contributed by atoms with van der Waals surface area (Å²) in [6.07, 6.45) is 2.96. The Hall–Kier alpha value is -3.94. The molecule has 3 aromatic rings. The van der Waals surface area contributed by atoms with E-state index in [1.807, 2.05) is 30.3 Å². The lowest BCUT2D eigenvalue weighted by atomic mass is 10.00. The van der Waals surface area contributed by atoms with Crippen LogP contribution in [0, 0.1) is 5.92 Å². The van der Waals surface area contributed by atoms with Crippen LogP contribution in [-0.4, -0.2) is 54.0 Å². The largest absolute Gasteiger partial charge is 0.493 e.